The van der Waals surface area contributed by atoms with Crippen LogP contribution in [0.5, 0.6) is 5.88 Å². The maximum atomic E-state index is 14.1. The number of hydrogen-bond acceptors (Lipinski definition) is 6. The van der Waals surface area contributed by atoms with E-state index >= 15 is 0 Å². The second-order valence-electron chi connectivity index (χ2n) is 8.07. The average Bonchev–Trinajstić information content (AvgIpc) is 3.19. The minimum Gasteiger partial charge on any atom is -0.480 e. The van der Waals surface area contributed by atoms with Crippen molar-refractivity contribution in [3.05, 3.63) is 72.2 Å². The topological polar surface area (TPSA) is 106 Å². The van der Waals surface area contributed by atoms with Crippen LogP contribution in [0.25, 0.3) is 16.6 Å². The summed E-state index contributed by atoms with van der Waals surface area (Å²) >= 11 is 0. The molecular formula is C24H20F2N4O4S. The molecule has 0 aliphatic heterocycles. The number of sulfonamides is 1. The zero-order valence-electron chi connectivity index (χ0n) is 18.9. The summed E-state index contributed by atoms with van der Waals surface area (Å²) in [6.45, 7) is 3.14. The molecule has 0 atom stereocenters. The van der Waals surface area contributed by atoms with Gasteiger partial charge in [-0.25, -0.2) is 26.7 Å². The lowest BCUT2D eigenvalue weighted by atomic mass is 10.1. The summed E-state index contributed by atoms with van der Waals surface area (Å²) in [5, 5.41) is 14.1. The first kappa shape index (κ1) is 24.1. The number of hydrogen-bond donors (Lipinski definition) is 2. The van der Waals surface area contributed by atoms with Crippen LogP contribution in [0.1, 0.15) is 19.4 Å². The number of rotatable bonds is 5. The molecule has 2 N–H and O–H groups in total. The van der Waals surface area contributed by atoms with Gasteiger partial charge in [0, 0.05) is 24.0 Å². The highest BCUT2D eigenvalue weighted by Gasteiger charge is 2.22. The highest BCUT2D eigenvalue weighted by atomic mass is 32.2. The lowest BCUT2D eigenvalue weighted by Crippen LogP contribution is -2.15. The number of fused-ring (bicyclic) bond motifs is 1. The van der Waals surface area contributed by atoms with Crippen LogP contribution in [-0.2, 0) is 10.0 Å². The zero-order chi connectivity index (χ0) is 25.4. The average molecular weight is 499 g/mol. The van der Waals surface area contributed by atoms with Gasteiger partial charge in [-0.1, -0.05) is 11.8 Å². The quantitative estimate of drug-likeness (QED) is 0.408. The van der Waals surface area contributed by atoms with Crippen molar-refractivity contribution in [2.75, 3.05) is 11.8 Å². The van der Waals surface area contributed by atoms with E-state index in [0.29, 0.717) is 28.3 Å². The lowest BCUT2D eigenvalue weighted by molar-refractivity contribution is 0.143. The Labute approximate surface area is 200 Å². The van der Waals surface area contributed by atoms with Gasteiger partial charge in [0.05, 0.1) is 24.4 Å². The van der Waals surface area contributed by atoms with Crippen molar-refractivity contribution in [1.82, 2.24) is 14.6 Å². The first-order valence-electron chi connectivity index (χ1n) is 10.2. The third-order valence-electron chi connectivity index (χ3n) is 4.83. The van der Waals surface area contributed by atoms with E-state index in [1.807, 2.05) is 0 Å². The van der Waals surface area contributed by atoms with Gasteiger partial charge in [-0.05, 0) is 49.7 Å². The van der Waals surface area contributed by atoms with Crippen molar-refractivity contribution in [3.8, 4) is 28.8 Å². The summed E-state index contributed by atoms with van der Waals surface area (Å²) in [6.07, 6.45) is 4.75. The third kappa shape index (κ3) is 5.24. The molecule has 11 heteroatoms. The number of nitrogens with zero attached hydrogens (tertiary/aromatic N) is 3. The molecule has 3 aromatic heterocycles. The van der Waals surface area contributed by atoms with Gasteiger partial charge in [0.25, 0.3) is 10.0 Å². The van der Waals surface area contributed by atoms with Gasteiger partial charge in [0.2, 0.25) is 5.88 Å². The second kappa shape index (κ2) is 8.98. The third-order valence-corrected chi connectivity index (χ3v) is 6.23. The fourth-order valence-corrected chi connectivity index (χ4v) is 4.32. The Kier molecular flexibility index (Phi) is 6.19. The molecule has 0 aliphatic carbocycles. The van der Waals surface area contributed by atoms with Gasteiger partial charge < -0.3 is 9.84 Å². The number of benzene rings is 1. The standard InChI is InChI=1S/C24H20F2N4O4S/c1-24(2,31)8-6-16-14-28-30-9-7-15(11-21(16)30)17-10-20(23(34-3)27-13-17)29-35(32,33)22-5-4-18(25)12-19(22)26/h4-5,7,9-14,29,31H,1-3H3. The molecule has 3 heterocycles. The molecule has 0 amide bonds. The Morgan fingerprint density at radius 3 is 2.57 bits per heavy atom. The largest absolute Gasteiger partial charge is 0.480 e. The van der Waals surface area contributed by atoms with Crippen molar-refractivity contribution in [3.63, 3.8) is 0 Å². The molecule has 0 radical (unpaired) electrons. The van der Waals surface area contributed by atoms with E-state index in [1.165, 1.54) is 19.4 Å². The summed E-state index contributed by atoms with van der Waals surface area (Å²) in [7, 11) is -3.10. The zero-order valence-corrected chi connectivity index (χ0v) is 19.7. The Balaban J connectivity index is 1.75. The molecular weight excluding hydrogens is 478 g/mol. The molecule has 0 aliphatic rings. The molecule has 4 rings (SSSR count). The summed E-state index contributed by atoms with van der Waals surface area (Å²) in [4.78, 5) is 3.44. The van der Waals surface area contributed by atoms with Crippen molar-refractivity contribution >= 4 is 21.2 Å². The molecule has 0 saturated carbocycles. The Bertz CT molecular complexity index is 1600. The van der Waals surface area contributed by atoms with Gasteiger partial charge in [-0.3, -0.25) is 4.72 Å². The minimum atomic E-state index is -4.41. The van der Waals surface area contributed by atoms with E-state index in [2.05, 4.69) is 26.6 Å². The van der Waals surface area contributed by atoms with Gasteiger partial charge >= 0.3 is 0 Å². The molecule has 0 bridgehead atoms. The SMILES string of the molecule is COc1ncc(-c2ccn3ncc(C#CC(C)(C)O)c3c2)cc1NS(=O)(=O)c1ccc(F)cc1F. The van der Waals surface area contributed by atoms with E-state index in [-0.39, 0.29) is 11.6 Å². The van der Waals surface area contributed by atoms with E-state index in [1.54, 1.807) is 42.9 Å². The summed E-state index contributed by atoms with van der Waals surface area (Å²) in [6, 6.07) is 7.18. The summed E-state index contributed by atoms with van der Waals surface area (Å²) in [5.74, 6) is 3.47. The van der Waals surface area contributed by atoms with Gasteiger partial charge in [0.15, 0.2) is 0 Å². The molecule has 180 valence electrons. The fourth-order valence-electron chi connectivity index (χ4n) is 3.22. The lowest BCUT2D eigenvalue weighted by Gasteiger charge is -2.13. The van der Waals surface area contributed by atoms with E-state index in [4.69, 9.17) is 4.74 Å². The number of halogens is 2. The van der Waals surface area contributed by atoms with Gasteiger partial charge in [-0.15, -0.1) is 0 Å². The number of aliphatic hydroxyl groups is 1. The predicted molar refractivity (Wildman–Crippen MR) is 125 cm³/mol. The molecule has 8 nitrogen and oxygen atoms in total. The van der Waals surface area contributed by atoms with Gasteiger partial charge in [-0.2, -0.15) is 5.10 Å². The maximum absolute atomic E-state index is 14.1. The molecule has 0 unspecified atom stereocenters. The van der Waals surface area contributed by atoms with E-state index < -0.39 is 32.2 Å². The highest BCUT2D eigenvalue weighted by molar-refractivity contribution is 7.92. The second-order valence-corrected chi connectivity index (χ2v) is 9.72. The fraction of sp³-hybridized carbons (Fsp3) is 0.167. The van der Waals surface area contributed by atoms with Crippen LogP contribution in [0, 0.1) is 23.5 Å². The van der Waals surface area contributed by atoms with Crippen LogP contribution in [0.3, 0.4) is 0 Å². The predicted octanol–water partition coefficient (Wildman–Crippen LogP) is 3.61. The molecule has 35 heavy (non-hydrogen) atoms. The van der Waals surface area contributed by atoms with Crippen LogP contribution < -0.4 is 9.46 Å². The first-order valence-corrected chi connectivity index (χ1v) is 11.7. The van der Waals surface area contributed by atoms with Gasteiger partial charge in [0.1, 0.15) is 27.8 Å². The number of nitrogens with one attached hydrogen (secondary N) is 1. The molecule has 4 aromatic rings. The monoisotopic (exact) mass is 498 g/mol. The Morgan fingerprint density at radius 1 is 1.11 bits per heavy atom. The van der Waals surface area contributed by atoms with Crippen LogP contribution in [0.2, 0.25) is 0 Å². The van der Waals surface area contributed by atoms with Crippen LogP contribution in [0.15, 0.2) is 59.9 Å². The number of anilines is 1. The Hall–Kier alpha value is -4.01. The smallest absolute Gasteiger partial charge is 0.264 e. The summed E-state index contributed by atoms with van der Waals surface area (Å²) in [5.41, 5.74) is 1.21. The van der Waals surface area contributed by atoms with E-state index in [0.717, 1.165) is 12.1 Å². The van der Waals surface area contributed by atoms with Crippen molar-refractivity contribution < 1.29 is 27.0 Å². The van der Waals surface area contributed by atoms with Crippen LogP contribution in [-0.4, -0.2) is 40.8 Å². The minimum absolute atomic E-state index is 0.0378. The van der Waals surface area contributed by atoms with Crippen LogP contribution >= 0.6 is 0 Å². The molecule has 1 aromatic carbocycles. The Morgan fingerprint density at radius 2 is 1.89 bits per heavy atom. The van der Waals surface area contributed by atoms with Crippen molar-refractivity contribution in [1.29, 1.82) is 0 Å². The number of methoxy groups -OCH3 is 1. The number of ether oxygens (including phenoxy) is 1. The number of aromatic nitrogens is 3. The highest BCUT2D eigenvalue weighted by Crippen LogP contribution is 2.31. The number of pyridine rings is 2. The molecule has 0 fully saturated rings. The first-order chi connectivity index (χ1) is 16.5. The molecule has 0 saturated heterocycles. The van der Waals surface area contributed by atoms with E-state index in [9.17, 15) is 22.3 Å². The summed E-state index contributed by atoms with van der Waals surface area (Å²) < 4.78 is 62.0. The van der Waals surface area contributed by atoms with Crippen LogP contribution in [0.4, 0.5) is 14.5 Å². The normalized spacial score (nSPS) is 11.7. The van der Waals surface area contributed by atoms with Crippen molar-refractivity contribution in [2.24, 2.45) is 0 Å². The molecule has 0 spiro atoms. The van der Waals surface area contributed by atoms with Crippen molar-refractivity contribution in [2.45, 2.75) is 24.3 Å². The maximum Gasteiger partial charge on any atom is 0.264 e.